The molecule has 0 spiro atoms. The number of aromatic nitrogens is 3. The van der Waals surface area contributed by atoms with E-state index in [0.29, 0.717) is 33.3 Å². The Hall–Kier alpha value is -3.46. The SMILES string of the molecule is CC(=O)OC(C)C(=O)Cc1ccc(Cl)c(-c2cn3cc(NC(=O)OC(C)C)cnc3n2)c1. The topological polar surface area (TPSA) is 112 Å². The lowest BCUT2D eigenvalue weighted by Crippen LogP contribution is -2.24. The van der Waals surface area contributed by atoms with Gasteiger partial charge in [-0.1, -0.05) is 17.7 Å². The van der Waals surface area contributed by atoms with Gasteiger partial charge in [-0.15, -0.1) is 0 Å². The number of amides is 1. The molecule has 2 heterocycles. The lowest BCUT2D eigenvalue weighted by molar-refractivity contribution is -0.151. The van der Waals surface area contributed by atoms with Gasteiger partial charge in [-0.3, -0.25) is 19.3 Å². The zero-order chi connectivity index (χ0) is 23.4. The number of Topliss-reactive ketones (excluding diaryl/α,β-unsaturated/α-hetero) is 1. The third-order valence-electron chi connectivity index (χ3n) is 4.38. The van der Waals surface area contributed by atoms with Crippen LogP contribution in [0, 0.1) is 0 Å². The molecule has 0 saturated carbocycles. The number of anilines is 1. The molecule has 3 rings (SSSR count). The highest BCUT2D eigenvalue weighted by atomic mass is 35.5. The zero-order valence-corrected chi connectivity index (χ0v) is 18.8. The molecule has 1 atom stereocenters. The zero-order valence-electron chi connectivity index (χ0n) is 18.1. The van der Waals surface area contributed by atoms with Crippen LogP contribution in [0.25, 0.3) is 17.0 Å². The number of esters is 1. The third-order valence-corrected chi connectivity index (χ3v) is 4.71. The molecule has 3 aromatic rings. The van der Waals surface area contributed by atoms with E-state index in [2.05, 4.69) is 15.3 Å². The van der Waals surface area contributed by atoms with Crippen LogP contribution in [0.5, 0.6) is 0 Å². The fourth-order valence-corrected chi connectivity index (χ4v) is 3.19. The summed E-state index contributed by atoms with van der Waals surface area (Å²) in [5.41, 5.74) is 2.32. The minimum absolute atomic E-state index is 0.0796. The molecule has 1 unspecified atom stereocenters. The Morgan fingerprint density at radius 2 is 1.91 bits per heavy atom. The van der Waals surface area contributed by atoms with Crippen LogP contribution in [0.2, 0.25) is 5.02 Å². The Labute approximate surface area is 189 Å². The fourth-order valence-electron chi connectivity index (χ4n) is 2.98. The smallest absolute Gasteiger partial charge is 0.411 e. The molecule has 1 aromatic carbocycles. The lowest BCUT2D eigenvalue weighted by atomic mass is 10.0. The highest BCUT2D eigenvalue weighted by Gasteiger charge is 2.18. The van der Waals surface area contributed by atoms with E-state index in [1.807, 2.05) is 0 Å². The molecular formula is C22H23ClN4O5. The number of carbonyl (C=O) groups excluding carboxylic acids is 3. The van der Waals surface area contributed by atoms with Crippen molar-refractivity contribution in [3.63, 3.8) is 0 Å². The van der Waals surface area contributed by atoms with Crippen LogP contribution in [-0.4, -0.2) is 44.4 Å². The molecular weight excluding hydrogens is 436 g/mol. The second-order valence-electron chi connectivity index (χ2n) is 7.46. The van der Waals surface area contributed by atoms with E-state index in [0.717, 1.165) is 0 Å². The van der Waals surface area contributed by atoms with Crippen molar-refractivity contribution in [3.8, 4) is 11.3 Å². The average molecular weight is 459 g/mol. The quantitative estimate of drug-likeness (QED) is 0.531. The summed E-state index contributed by atoms with van der Waals surface area (Å²) < 4.78 is 11.7. The van der Waals surface area contributed by atoms with Crippen molar-refractivity contribution in [2.45, 2.75) is 46.3 Å². The number of ketones is 1. The minimum Gasteiger partial charge on any atom is -0.455 e. The number of rotatable bonds is 7. The van der Waals surface area contributed by atoms with Gasteiger partial charge in [-0.2, -0.15) is 0 Å². The van der Waals surface area contributed by atoms with Gasteiger partial charge in [0.25, 0.3) is 0 Å². The van der Waals surface area contributed by atoms with Gasteiger partial charge in [0, 0.05) is 31.3 Å². The molecule has 0 bridgehead atoms. The molecule has 0 fully saturated rings. The first kappa shape index (κ1) is 23.2. The number of hydrogen-bond donors (Lipinski definition) is 1. The van der Waals surface area contributed by atoms with Crippen LogP contribution in [0.4, 0.5) is 10.5 Å². The summed E-state index contributed by atoms with van der Waals surface area (Å²) >= 11 is 6.38. The Balaban J connectivity index is 1.83. The molecule has 32 heavy (non-hydrogen) atoms. The fraction of sp³-hybridized carbons (Fsp3) is 0.318. The molecule has 2 aromatic heterocycles. The second-order valence-corrected chi connectivity index (χ2v) is 7.87. The summed E-state index contributed by atoms with van der Waals surface area (Å²) in [7, 11) is 0. The molecule has 0 aliphatic heterocycles. The van der Waals surface area contributed by atoms with Crippen molar-refractivity contribution < 1.29 is 23.9 Å². The molecule has 0 saturated heterocycles. The standard InChI is InChI=1S/C22H23ClN4O5/c1-12(2)31-22(30)25-16-9-24-21-26-19(11-27(21)10-16)17-7-15(5-6-18(17)23)8-20(29)13(3)32-14(4)28/h5-7,9-13H,8H2,1-4H3,(H,25,30). The summed E-state index contributed by atoms with van der Waals surface area (Å²) in [6.07, 6.45) is 3.27. The maximum Gasteiger partial charge on any atom is 0.411 e. The molecule has 0 aliphatic rings. The van der Waals surface area contributed by atoms with E-state index >= 15 is 0 Å². The van der Waals surface area contributed by atoms with Crippen molar-refractivity contribution in [3.05, 3.63) is 47.4 Å². The molecule has 1 amide bonds. The molecule has 0 aliphatic carbocycles. The first-order chi connectivity index (χ1) is 15.1. The van der Waals surface area contributed by atoms with E-state index in [1.54, 1.807) is 48.8 Å². The van der Waals surface area contributed by atoms with E-state index in [9.17, 15) is 14.4 Å². The Bertz CT molecular complexity index is 1170. The highest BCUT2D eigenvalue weighted by Crippen LogP contribution is 2.29. The molecule has 9 nitrogen and oxygen atoms in total. The number of ether oxygens (including phenoxy) is 2. The highest BCUT2D eigenvalue weighted by molar-refractivity contribution is 6.33. The predicted octanol–water partition coefficient (Wildman–Crippen LogP) is 4.07. The summed E-state index contributed by atoms with van der Waals surface area (Å²) in [5, 5.41) is 3.06. The van der Waals surface area contributed by atoms with Crippen molar-refractivity contribution in [2.24, 2.45) is 0 Å². The molecule has 1 N–H and O–H groups in total. The monoisotopic (exact) mass is 458 g/mol. The summed E-state index contributed by atoms with van der Waals surface area (Å²) in [6, 6.07) is 5.19. The molecule has 10 heteroatoms. The van der Waals surface area contributed by atoms with Crippen LogP contribution in [0.3, 0.4) is 0 Å². The van der Waals surface area contributed by atoms with Crippen molar-refractivity contribution >= 4 is 40.9 Å². The van der Waals surface area contributed by atoms with E-state index in [-0.39, 0.29) is 18.3 Å². The van der Waals surface area contributed by atoms with Crippen LogP contribution in [0.1, 0.15) is 33.3 Å². The lowest BCUT2D eigenvalue weighted by Gasteiger charge is -2.11. The van der Waals surface area contributed by atoms with Gasteiger partial charge in [-0.05, 0) is 38.5 Å². The number of hydrogen-bond acceptors (Lipinski definition) is 7. The first-order valence-corrected chi connectivity index (χ1v) is 10.3. The Kier molecular flexibility index (Phi) is 7.09. The number of carbonyl (C=O) groups is 3. The van der Waals surface area contributed by atoms with Crippen LogP contribution in [0.15, 0.2) is 36.8 Å². The molecule has 0 radical (unpaired) electrons. The summed E-state index contributed by atoms with van der Waals surface area (Å²) in [5.74, 6) is -0.330. The minimum atomic E-state index is -0.834. The van der Waals surface area contributed by atoms with Crippen LogP contribution in [-0.2, 0) is 25.5 Å². The number of benzene rings is 1. The predicted molar refractivity (Wildman–Crippen MR) is 119 cm³/mol. The van der Waals surface area contributed by atoms with Gasteiger partial charge in [0.15, 0.2) is 11.9 Å². The average Bonchev–Trinajstić information content (AvgIpc) is 3.11. The number of halogens is 1. The van der Waals surface area contributed by atoms with Gasteiger partial charge >= 0.3 is 12.1 Å². The van der Waals surface area contributed by atoms with Gasteiger partial charge in [0.1, 0.15) is 0 Å². The van der Waals surface area contributed by atoms with E-state index in [4.69, 9.17) is 21.1 Å². The third kappa shape index (κ3) is 5.82. The van der Waals surface area contributed by atoms with Gasteiger partial charge in [0.05, 0.1) is 28.7 Å². The van der Waals surface area contributed by atoms with Crippen molar-refractivity contribution in [1.29, 1.82) is 0 Å². The van der Waals surface area contributed by atoms with Crippen molar-refractivity contribution in [2.75, 3.05) is 5.32 Å². The van der Waals surface area contributed by atoms with E-state index < -0.39 is 18.2 Å². The summed E-state index contributed by atoms with van der Waals surface area (Å²) in [6.45, 7) is 6.31. The Morgan fingerprint density at radius 1 is 1.16 bits per heavy atom. The van der Waals surface area contributed by atoms with Crippen LogP contribution >= 0.6 is 11.6 Å². The first-order valence-electron chi connectivity index (χ1n) is 9.93. The Morgan fingerprint density at radius 3 is 2.59 bits per heavy atom. The number of nitrogens with one attached hydrogen (secondary N) is 1. The van der Waals surface area contributed by atoms with E-state index in [1.165, 1.54) is 20.0 Å². The largest absolute Gasteiger partial charge is 0.455 e. The van der Waals surface area contributed by atoms with Crippen LogP contribution < -0.4 is 5.32 Å². The maximum absolute atomic E-state index is 12.3. The maximum atomic E-state index is 12.3. The van der Waals surface area contributed by atoms with Gasteiger partial charge in [-0.25, -0.2) is 14.8 Å². The number of imidazole rings is 1. The van der Waals surface area contributed by atoms with Gasteiger partial charge < -0.3 is 9.47 Å². The van der Waals surface area contributed by atoms with Gasteiger partial charge in [0.2, 0.25) is 5.78 Å². The van der Waals surface area contributed by atoms with Crippen molar-refractivity contribution in [1.82, 2.24) is 14.4 Å². The normalized spacial score (nSPS) is 11.9. The molecule has 168 valence electrons. The number of nitrogens with zero attached hydrogens (tertiary/aromatic N) is 3. The second kappa shape index (κ2) is 9.78. The number of fused-ring (bicyclic) bond motifs is 1. The summed E-state index contributed by atoms with van der Waals surface area (Å²) in [4.78, 5) is 43.9.